The molecule has 2 aromatic carbocycles. The summed E-state index contributed by atoms with van der Waals surface area (Å²) in [5, 5.41) is 6.22. The Bertz CT molecular complexity index is 677. The molecule has 0 bridgehead atoms. The monoisotopic (exact) mass is 326 g/mol. The van der Waals surface area contributed by atoms with Gasteiger partial charge in [-0.3, -0.25) is 4.79 Å². The number of benzene rings is 2. The molecule has 21 heavy (non-hydrogen) atoms. The first-order valence-electron chi connectivity index (χ1n) is 6.21. The minimum Gasteiger partial charge on any atom is -0.376 e. The second kappa shape index (κ2) is 6.78. The third kappa shape index (κ3) is 4.09. The molecule has 0 aromatic heterocycles. The van der Waals surface area contributed by atoms with E-state index in [1.807, 2.05) is 6.92 Å². The second-order valence-corrected chi connectivity index (χ2v) is 5.26. The van der Waals surface area contributed by atoms with Gasteiger partial charge in [0.2, 0.25) is 5.91 Å². The van der Waals surface area contributed by atoms with Crippen LogP contribution in [0.2, 0.25) is 10.0 Å². The molecule has 0 fully saturated rings. The van der Waals surface area contributed by atoms with Crippen LogP contribution in [-0.4, -0.2) is 12.5 Å². The minimum absolute atomic E-state index is 0.00564. The average molecular weight is 327 g/mol. The van der Waals surface area contributed by atoms with Gasteiger partial charge >= 0.3 is 0 Å². The van der Waals surface area contributed by atoms with Gasteiger partial charge in [0, 0.05) is 16.4 Å². The Kier molecular flexibility index (Phi) is 5.04. The Balaban J connectivity index is 1.96. The number of nitrogens with one attached hydrogen (secondary N) is 2. The summed E-state index contributed by atoms with van der Waals surface area (Å²) >= 11 is 11.7. The van der Waals surface area contributed by atoms with Crippen molar-refractivity contribution in [2.75, 3.05) is 17.2 Å². The maximum absolute atomic E-state index is 13.0. The second-order valence-electron chi connectivity index (χ2n) is 4.44. The molecule has 0 heterocycles. The van der Waals surface area contributed by atoms with Crippen molar-refractivity contribution >= 4 is 40.5 Å². The highest BCUT2D eigenvalue weighted by Gasteiger charge is 2.07. The summed E-state index contributed by atoms with van der Waals surface area (Å²) < 4.78 is 13.0. The molecule has 0 atom stereocenters. The highest BCUT2D eigenvalue weighted by Crippen LogP contribution is 2.23. The molecule has 0 aliphatic heterocycles. The van der Waals surface area contributed by atoms with Crippen LogP contribution in [0.5, 0.6) is 0 Å². The lowest BCUT2D eigenvalue weighted by Crippen LogP contribution is -2.22. The van der Waals surface area contributed by atoms with Crippen LogP contribution < -0.4 is 10.6 Å². The van der Waals surface area contributed by atoms with Crippen LogP contribution in [0.15, 0.2) is 36.4 Å². The van der Waals surface area contributed by atoms with Gasteiger partial charge in [0.25, 0.3) is 0 Å². The first-order chi connectivity index (χ1) is 9.97. The van der Waals surface area contributed by atoms with Gasteiger partial charge in [-0.05, 0) is 42.8 Å². The fourth-order valence-electron chi connectivity index (χ4n) is 1.73. The highest BCUT2D eigenvalue weighted by molar-refractivity contribution is 6.32. The van der Waals surface area contributed by atoms with Gasteiger partial charge in [0.05, 0.1) is 11.6 Å². The highest BCUT2D eigenvalue weighted by atomic mass is 35.5. The molecule has 110 valence electrons. The lowest BCUT2D eigenvalue weighted by atomic mass is 10.2. The van der Waals surface area contributed by atoms with Crippen molar-refractivity contribution in [3.05, 3.63) is 57.8 Å². The number of rotatable bonds is 4. The van der Waals surface area contributed by atoms with Crippen molar-refractivity contribution in [1.82, 2.24) is 0 Å². The third-order valence-corrected chi connectivity index (χ3v) is 3.61. The van der Waals surface area contributed by atoms with Crippen LogP contribution in [-0.2, 0) is 4.79 Å². The Morgan fingerprint density at radius 1 is 1.19 bits per heavy atom. The summed E-state index contributed by atoms with van der Waals surface area (Å²) in [6, 6.07) is 9.47. The van der Waals surface area contributed by atoms with Gasteiger partial charge in [-0.2, -0.15) is 0 Å². The fraction of sp³-hybridized carbons (Fsp3) is 0.133. The summed E-state index contributed by atoms with van der Waals surface area (Å²) in [6.07, 6.45) is 0. The van der Waals surface area contributed by atoms with Crippen LogP contribution in [0.4, 0.5) is 15.8 Å². The van der Waals surface area contributed by atoms with Crippen molar-refractivity contribution in [3.63, 3.8) is 0 Å². The van der Waals surface area contributed by atoms with E-state index in [4.69, 9.17) is 23.2 Å². The molecule has 2 rings (SSSR count). The predicted octanol–water partition coefficient (Wildman–Crippen LogP) is 4.49. The molecule has 3 nitrogen and oxygen atoms in total. The standard InChI is InChI=1S/C15H13Cl2FN2O/c1-9-11(16)3-2-4-14(9)20-15(21)8-19-10-5-6-13(18)12(17)7-10/h2-7,19H,8H2,1H3,(H,20,21). The molecule has 0 aliphatic rings. The topological polar surface area (TPSA) is 41.1 Å². The zero-order valence-electron chi connectivity index (χ0n) is 11.2. The molecule has 0 radical (unpaired) electrons. The Morgan fingerprint density at radius 2 is 1.95 bits per heavy atom. The van der Waals surface area contributed by atoms with Crippen molar-refractivity contribution in [2.24, 2.45) is 0 Å². The zero-order chi connectivity index (χ0) is 15.4. The number of carbonyl (C=O) groups excluding carboxylic acids is 1. The molecule has 0 saturated carbocycles. The molecule has 0 aliphatic carbocycles. The maximum Gasteiger partial charge on any atom is 0.243 e. The van der Waals surface area contributed by atoms with Gasteiger partial charge in [-0.1, -0.05) is 29.3 Å². The van der Waals surface area contributed by atoms with Crippen molar-refractivity contribution in [2.45, 2.75) is 6.92 Å². The van der Waals surface area contributed by atoms with E-state index >= 15 is 0 Å². The summed E-state index contributed by atoms with van der Waals surface area (Å²) in [5.41, 5.74) is 2.03. The van der Waals surface area contributed by atoms with Gasteiger partial charge in [0.15, 0.2) is 0 Å². The number of amides is 1. The fourth-order valence-corrected chi connectivity index (χ4v) is 2.08. The number of anilines is 2. The molecule has 0 spiro atoms. The van der Waals surface area contributed by atoms with Gasteiger partial charge in [0.1, 0.15) is 5.82 Å². The van der Waals surface area contributed by atoms with E-state index in [0.717, 1.165) is 5.56 Å². The van der Waals surface area contributed by atoms with Crippen molar-refractivity contribution in [3.8, 4) is 0 Å². The SMILES string of the molecule is Cc1c(Cl)cccc1NC(=O)CNc1ccc(F)c(Cl)c1. The number of hydrogen-bond donors (Lipinski definition) is 2. The van der Waals surface area contributed by atoms with Crippen LogP contribution in [0, 0.1) is 12.7 Å². The molecular weight excluding hydrogens is 314 g/mol. The molecular formula is C15H13Cl2FN2O. The Morgan fingerprint density at radius 3 is 2.67 bits per heavy atom. The normalized spacial score (nSPS) is 10.3. The van der Waals surface area contributed by atoms with E-state index in [1.165, 1.54) is 18.2 Å². The maximum atomic E-state index is 13.0. The number of hydrogen-bond acceptors (Lipinski definition) is 2. The van der Waals surface area contributed by atoms with Crippen molar-refractivity contribution < 1.29 is 9.18 Å². The lowest BCUT2D eigenvalue weighted by Gasteiger charge is -2.11. The minimum atomic E-state index is -0.499. The van der Waals surface area contributed by atoms with Crippen LogP contribution in [0.25, 0.3) is 0 Å². The van der Waals surface area contributed by atoms with E-state index < -0.39 is 5.82 Å². The first-order valence-corrected chi connectivity index (χ1v) is 6.97. The van der Waals surface area contributed by atoms with E-state index in [0.29, 0.717) is 16.4 Å². The molecule has 2 N–H and O–H groups in total. The van der Waals surface area contributed by atoms with Gasteiger partial charge in [-0.25, -0.2) is 4.39 Å². The molecule has 0 unspecified atom stereocenters. The van der Waals surface area contributed by atoms with Gasteiger partial charge < -0.3 is 10.6 Å². The van der Waals surface area contributed by atoms with E-state index in [9.17, 15) is 9.18 Å². The molecule has 2 aromatic rings. The lowest BCUT2D eigenvalue weighted by molar-refractivity contribution is -0.114. The zero-order valence-corrected chi connectivity index (χ0v) is 12.7. The summed E-state index contributed by atoms with van der Waals surface area (Å²) in [5.74, 6) is -0.734. The summed E-state index contributed by atoms with van der Waals surface area (Å²) in [4.78, 5) is 11.9. The predicted molar refractivity (Wildman–Crippen MR) is 84.7 cm³/mol. The van der Waals surface area contributed by atoms with Gasteiger partial charge in [-0.15, -0.1) is 0 Å². The quantitative estimate of drug-likeness (QED) is 0.869. The molecule has 6 heteroatoms. The average Bonchev–Trinajstić information content (AvgIpc) is 2.45. The largest absolute Gasteiger partial charge is 0.376 e. The number of halogens is 3. The molecule has 0 saturated heterocycles. The van der Waals surface area contributed by atoms with E-state index in [-0.39, 0.29) is 17.5 Å². The first kappa shape index (κ1) is 15.6. The molecule has 1 amide bonds. The van der Waals surface area contributed by atoms with E-state index in [2.05, 4.69) is 10.6 Å². The number of carbonyl (C=O) groups is 1. The van der Waals surface area contributed by atoms with Crippen LogP contribution in [0.3, 0.4) is 0 Å². The Hall–Kier alpha value is -1.78. The van der Waals surface area contributed by atoms with Crippen LogP contribution in [0.1, 0.15) is 5.56 Å². The van der Waals surface area contributed by atoms with Crippen LogP contribution >= 0.6 is 23.2 Å². The van der Waals surface area contributed by atoms with E-state index in [1.54, 1.807) is 18.2 Å². The third-order valence-electron chi connectivity index (χ3n) is 2.91. The summed E-state index contributed by atoms with van der Waals surface area (Å²) in [6.45, 7) is 1.86. The summed E-state index contributed by atoms with van der Waals surface area (Å²) in [7, 11) is 0. The van der Waals surface area contributed by atoms with Crippen molar-refractivity contribution in [1.29, 1.82) is 0 Å². The Labute approximate surface area is 132 Å². The smallest absolute Gasteiger partial charge is 0.243 e.